The van der Waals surface area contributed by atoms with Crippen molar-refractivity contribution in [3.63, 3.8) is 0 Å². The molecule has 9 heavy (non-hydrogen) atoms. The SMILES string of the molecule is COCC(F)(F)C1CC1. The first-order valence-electron chi connectivity index (χ1n) is 3.03. The van der Waals surface area contributed by atoms with Gasteiger partial charge in [-0.15, -0.1) is 0 Å². The summed E-state index contributed by atoms with van der Waals surface area (Å²) in [5.74, 6) is -2.95. The Bertz CT molecular complexity index is 99.2. The van der Waals surface area contributed by atoms with E-state index in [-0.39, 0.29) is 0 Å². The van der Waals surface area contributed by atoms with Crippen LogP contribution >= 0.6 is 0 Å². The van der Waals surface area contributed by atoms with E-state index in [4.69, 9.17) is 0 Å². The summed E-state index contributed by atoms with van der Waals surface area (Å²) in [7, 11) is 1.30. The smallest absolute Gasteiger partial charge is 0.273 e. The van der Waals surface area contributed by atoms with Crippen molar-refractivity contribution in [3.05, 3.63) is 0 Å². The molecule has 0 atom stereocenters. The largest absolute Gasteiger partial charge is 0.378 e. The highest BCUT2D eigenvalue weighted by Crippen LogP contribution is 2.43. The minimum absolute atomic E-state index is 0.391. The van der Waals surface area contributed by atoms with Crippen molar-refractivity contribution in [1.82, 2.24) is 0 Å². The fourth-order valence-electron chi connectivity index (χ4n) is 0.816. The van der Waals surface area contributed by atoms with Crippen LogP contribution in [0.2, 0.25) is 0 Å². The lowest BCUT2D eigenvalue weighted by molar-refractivity contribution is -0.0810. The molecule has 0 unspecified atom stereocenters. The van der Waals surface area contributed by atoms with Crippen molar-refractivity contribution in [2.24, 2.45) is 5.92 Å². The number of halogens is 2. The highest BCUT2D eigenvalue weighted by atomic mass is 19.3. The summed E-state index contributed by atoms with van der Waals surface area (Å²) in [6.45, 7) is -0.419. The maximum absolute atomic E-state index is 12.5. The second kappa shape index (κ2) is 2.21. The third-order valence-corrected chi connectivity index (χ3v) is 1.51. The van der Waals surface area contributed by atoms with E-state index in [1.807, 2.05) is 0 Å². The molecule has 0 aromatic heterocycles. The Morgan fingerprint density at radius 1 is 1.56 bits per heavy atom. The summed E-state index contributed by atoms with van der Waals surface area (Å²) in [5.41, 5.74) is 0. The van der Waals surface area contributed by atoms with Crippen molar-refractivity contribution in [1.29, 1.82) is 0 Å². The standard InChI is InChI=1S/C6H10F2O/c1-9-4-6(7,8)5-2-3-5/h5H,2-4H2,1H3. The maximum Gasteiger partial charge on any atom is 0.273 e. The lowest BCUT2D eigenvalue weighted by Gasteiger charge is -2.12. The van der Waals surface area contributed by atoms with Gasteiger partial charge in [-0.3, -0.25) is 0 Å². The van der Waals surface area contributed by atoms with Gasteiger partial charge in [0.15, 0.2) is 0 Å². The summed E-state index contributed by atoms with van der Waals surface area (Å²) < 4.78 is 29.3. The third-order valence-electron chi connectivity index (χ3n) is 1.51. The van der Waals surface area contributed by atoms with Gasteiger partial charge in [-0.05, 0) is 12.8 Å². The zero-order chi connectivity index (χ0) is 6.91. The van der Waals surface area contributed by atoms with E-state index in [2.05, 4.69) is 4.74 Å². The van der Waals surface area contributed by atoms with E-state index >= 15 is 0 Å². The zero-order valence-electron chi connectivity index (χ0n) is 5.36. The third kappa shape index (κ3) is 1.61. The highest BCUT2D eigenvalue weighted by Gasteiger charge is 2.46. The Morgan fingerprint density at radius 3 is 2.44 bits per heavy atom. The number of ether oxygens (including phenoxy) is 1. The second-order valence-electron chi connectivity index (χ2n) is 2.47. The van der Waals surface area contributed by atoms with Crippen LogP contribution in [0.3, 0.4) is 0 Å². The molecule has 3 heteroatoms. The Kier molecular flexibility index (Phi) is 1.70. The quantitative estimate of drug-likeness (QED) is 0.573. The lowest BCUT2D eigenvalue weighted by atomic mass is 10.2. The summed E-state index contributed by atoms with van der Waals surface area (Å²) in [5, 5.41) is 0. The first-order chi connectivity index (χ1) is 4.17. The van der Waals surface area contributed by atoms with Crippen LogP contribution in [0.4, 0.5) is 8.78 Å². The van der Waals surface area contributed by atoms with Crippen LogP contribution < -0.4 is 0 Å². The van der Waals surface area contributed by atoms with Crippen LogP contribution in [-0.2, 0) is 4.74 Å². The average Bonchev–Trinajstić information content (AvgIpc) is 2.41. The summed E-state index contributed by atoms with van der Waals surface area (Å²) >= 11 is 0. The predicted octanol–water partition coefficient (Wildman–Crippen LogP) is 1.68. The number of methoxy groups -OCH3 is 1. The fraction of sp³-hybridized carbons (Fsp3) is 1.00. The molecule has 0 spiro atoms. The predicted molar refractivity (Wildman–Crippen MR) is 29.5 cm³/mol. The number of alkyl halides is 2. The molecule has 1 nitrogen and oxygen atoms in total. The van der Waals surface area contributed by atoms with Crippen molar-refractivity contribution in [2.75, 3.05) is 13.7 Å². The Labute approximate surface area is 53.0 Å². The van der Waals surface area contributed by atoms with E-state index in [9.17, 15) is 8.78 Å². The van der Waals surface area contributed by atoms with E-state index in [1.165, 1.54) is 7.11 Å². The number of hydrogen-bond donors (Lipinski definition) is 0. The molecule has 54 valence electrons. The summed E-state index contributed by atoms with van der Waals surface area (Å²) in [4.78, 5) is 0. The van der Waals surface area contributed by atoms with Crippen molar-refractivity contribution in [2.45, 2.75) is 18.8 Å². The van der Waals surface area contributed by atoms with Gasteiger partial charge in [0.1, 0.15) is 6.61 Å². The average molecular weight is 136 g/mol. The number of rotatable bonds is 3. The maximum atomic E-state index is 12.5. The van der Waals surface area contributed by atoms with E-state index in [0.717, 1.165) is 0 Å². The van der Waals surface area contributed by atoms with Gasteiger partial charge in [-0.1, -0.05) is 0 Å². The van der Waals surface area contributed by atoms with Crippen LogP contribution in [0.5, 0.6) is 0 Å². The normalized spacial score (nSPS) is 20.3. The molecular formula is C6H10F2O. The molecule has 0 aromatic carbocycles. The first-order valence-corrected chi connectivity index (χ1v) is 3.03. The Morgan fingerprint density at radius 2 is 2.11 bits per heavy atom. The monoisotopic (exact) mass is 136 g/mol. The Balaban J connectivity index is 2.30. The molecule has 0 radical (unpaired) electrons. The van der Waals surface area contributed by atoms with Gasteiger partial charge < -0.3 is 4.74 Å². The molecule has 1 saturated carbocycles. The minimum Gasteiger partial charge on any atom is -0.378 e. The van der Waals surface area contributed by atoms with Crippen LogP contribution in [0, 0.1) is 5.92 Å². The molecule has 0 N–H and O–H groups in total. The van der Waals surface area contributed by atoms with Crippen LogP contribution in [0.15, 0.2) is 0 Å². The van der Waals surface area contributed by atoms with Crippen molar-refractivity contribution in [3.8, 4) is 0 Å². The summed E-state index contributed by atoms with van der Waals surface area (Å²) in [6.07, 6.45) is 1.33. The van der Waals surface area contributed by atoms with Gasteiger partial charge in [-0.25, -0.2) is 8.78 Å². The first kappa shape index (κ1) is 6.93. The van der Waals surface area contributed by atoms with Gasteiger partial charge in [0, 0.05) is 13.0 Å². The molecule has 1 aliphatic rings. The van der Waals surface area contributed by atoms with Crippen molar-refractivity contribution >= 4 is 0 Å². The van der Waals surface area contributed by atoms with Gasteiger partial charge in [-0.2, -0.15) is 0 Å². The molecule has 1 fully saturated rings. The lowest BCUT2D eigenvalue weighted by Crippen LogP contribution is -2.25. The zero-order valence-corrected chi connectivity index (χ0v) is 5.36. The van der Waals surface area contributed by atoms with E-state index in [1.54, 1.807) is 0 Å². The molecule has 0 bridgehead atoms. The van der Waals surface area contributed by atoms with Crippen molar-refractivity contribution < 1.29 is 13.5 Å². The van der Waals surface area contributed by atoms with Gasteiger partial charge in [0.05, 0.1) is 0 Å². The molecule has 0 aromatic rings. The molecule has 0 heterocycles. The topological polar surface area (TPSA) is 9.23 Å². The molecular weight excluding hydrogens is 126 g/mol. The second-order valence-corrected chi connectivity index (χ2v) is 2.47. The van der Waals surface area contributed by atoms with Gasteiger partial charge >= 0.3 is 0 Å². The van der Waals surface area contributed by atoms with E-state index in [0.29, 0.717) is 12.8 Å². The molecule has 0 aliphatic heterocycles. The van der Waals surface area contributed by atoms with E-state index < -0.39 is 18.4 Å². The Hall–Kier alpha value is -0.180. The molecule has 1 rings (SSSR count). The molecule has 0 amide bonds. The number of hydrogen-bond acceptors (Lipinski definition) is 1. The summed E-state index contributed by atoms with van der Waals surface area (Å²) in [6, 6.07) is 0. The van der Waals surface area contributed by atoms with Crippen LogP contribution in [0.25, 0.3) is 0 Å². The highest BCUT2D eigenvalue weighted by molar-refractivity contribution is 4.87. The van der Waals surface area contributed by atoms with Gasteiger partial charge in [0.2, 0.25) is 0 Å². The molecule has 1 aliphatic carbocycles. The van der Waals surface area contributed by atoms with Crippen LogP contribution in [0.1, 0.15) is 12.8 Å². The van der Waals surface area contributed by atoms with Crippen LogP contribution in [-0.4, -0.2) is 19.6 Å². The minimum atomic E-state index is -2.56. The fourth-order valence-corrected chi connectivity index (χ4v) is 0.816. The van der Waals surface area contributed by atoms with Gasteiger partial charge in [0.25, 0.3) is 5.92 Å². The molecule has 0 saturated heterocycles.